The molecule has 1 N–H and O–H groups in total. The molecule has 1 saturated heterocycles. The minimum atomic E-state index is -0.734. The normalized spacial score (nSPS) is 17.0. The summed E-state index contributed by atoms with van der Waals surface area (Å²) in [5.41, 5.74) is -0.114. The zero-order valence-corrected chi connectivity index (χ0v) is 12.3. The SMILES string of the molecule is CC(CNCc1cccc([N+](=O)[O-])c1F)CN1CCCC1. The van der Waals surface area contributed by atoms with Crippen molar-refractivity contribution in [3.05, 3.63) is 39.7 Å². The summed E-state index contributed by atoms with van der Waals surface area (Å²) < 4.78 is 13.9. The Morgan fingerprint density at radius 3 is 2.81 bits per heavy atom. The second-order valence-electron chi connectivity index (χ2n) is 5.75. The number of nitrogens with zero attached hydrogens (tertiary/aromatic N) is 2. The first-order valence-corrected chi connectivity index (χ1v) is 7.42. The Morgan fingerprint density at radius 1 is 1.43 bits per heavy atom. The highest BCUT2D eigenvalue weighted by atomic mass is 19.1. The molecule has 0 spiro atoms. The minimum absolute atomic E-state index is 0.317. The third kappa shape index (κ3) is 4.47. The molecule has 2 rings (SSSR count). The summed E-state index contributed by atoms with van der Waals surface area (Å²) in [6, 6.07) is 4.29. The average Bonchev–Trinajstić information content (AvgIpc) is 2.93. The van der Waals surface area contributed by atoms with Crippen LogP contribution in [0.4, 0.5) is 10.1 Å². The van der Waals surface area contributed by atoms with Crippen LogP contribution in [0.15, 0.2) is 18.2 Å². The lowest BCUT2D eigenvalue weighted by Crippen LogP contribution is -2.31. The number of nitro benzene ring substituents is 1. The molecule has 1 aliphatic rings. The summed E-state index contributed by atoms with van der Waals surface area (Å²) in [7, 11) is 0. The summed E-state index contributed by atoms with van der Waals surface area (Å²) >= 11 is 0. The Balaban J connectivity index is 1.80. The number of rotatable bonds is 7. The third-order valence-corrected chi connectivity index (χ3v) is 3.83. The summed E-state index contributed by atoms with van der Waals surface area (Å²) in [5, 5.41) is 13.9. The van der Waals surface area contributed by atoms with Crippen LogP contribution in [-0.2, 0) is 6.54 Å². The highest BCUT2D eigenvalue weighted by molar-refractivity contribution is 5.36. The zero-order chi connectivity index (χ0) is 15.2. The number of hydrogen-bond acceptors (Lipinski definition) is 4. The van der Waals surface area contributed by atoms with E-state index in [1.54, 1.807) is 6.07 Å². The van der Waals surface area contributed by atoms with Gasteiger partial charge in [-0.2, -0.15) is 4.39 Å². The Labute approximate surface area is 124 Å². The van der Waals surface area contributed by atoms with Crippen molar-refractivity contribution < 1.29 is 9.31 Å². The summed E-state index contributed by atoms with van der Waals surface area (Å²) in [6.45, 7) is 6.64. The van der Waals surface area contributed by atoms with Crippen LogP contribution >= 0.6 is 0 Å². The molecule has 0 bridgehead atoms. The number of likely N-dealkylation sites (tertiary alicyclic amines) is 1. The summed E-state index contributed by atoms with van der Waals surface area (Å²) in [5.74, 6) is -0.257. The van der Waals surface area contributed by atoms with Gasteiger partial charge in [0.2, 0.25) is 5.82 Å². The monoisotopic (exact) mass is 295 g/mol. The van der Waals surface area contributed by atoms with Crippen molar-refractivity contribution in [2.24, 2.45) is 5.92 Å². The van der Waals surface area contributed by atoms with E-state index in [-0.39, 0.29) is 0 Å². The van der Waals surface area contributed by atoms with Crippen molar-refractivity contribution in [2.75, 3.05) is 26.2 Å². The smallest absolute Gasteiger partial charge is 0.305 e. The van der Waals surface area contributed by atoms with Gasteiger partial charge in [0.25, 0.3) is 0 Å². The van der Waals surface area contributed by atoms with Gasteiger partial charge < -0.3 is 10.2 Å². The molecule has 1 aliphatic heterocycles. The number of benzene rings is 1. The maximum Gasteiger partial charge on any atom is 0.305 e. The molecule has 1 aromatic carbocycles. The van der Waals surface area contributed by atoms with Crippen LogP contribution in [0.3, 0.4) is 0 Å². The second kappa shape index (κ2) is 7.47. The van der Waals surface area contributed by atoms with Crippen LogP contribution in [0.2, 0.25) is 0 Å². The molecule has 1 aromatic rings. The first kappa shape index (κ1) is 15.9. The summed E-state index contributed by atoms with van der Waals surface area (Å²) in [6.07, 6.45) is 2.55. The molecule has 0 saturated carbocycles. The van der Waals surface area contributed by atoms with E-state index in [2.05, 4.69) is 17.1 Å². The number of nitrogens with one attached hydrogen (secondary N) is 1. The molecule has 5 nitrogen and oxygen atoms in total. The van der Waals surface area contributed by atoms with Gasteiger partial charge >= 0.3 is 5.69 Å². The molecule has 1 heterocycles. The molecular formula is C15H22FN3O2. The summed E-state index contributed by atoms with van der Waals surface area (Å²) in [4.78, 5) is 12.4. The van der Waals surface area contributed by atoms with Gasteiger partial charge in [-0.25, -0.2) is 0 Å². The van der Waals surface area contributed by atoms with Gasteiger partial charge in [-0.1, -0.05) is 19.1 Å². The van der Waals surface area contributed by atoms with E-state index in [4.69, 9.17) is 0 Å². The molecule has 6 heteroatoms. The third-order valence-electron chi connectivity index (χ3n) is 3.83. The van der Waals surface area contributed by atoms with E-state index >= 15 is 0 Å². The maximum atomic E-state index is 13.9. The van der Waals surface area contributed by atoms with Crippen molar-refractivity contribution in [1.29, 1.82) is 0 Å². The molecule has 0 radical (unpaired) electrons. The van der Waals surface area contributed by atoms with Gasteiger partial charge in [0.1, 0.15) is 0 Å². The maximum absolute atomic E-state index is 13.9. The lowest BCUT2D eigenvalue weighted by atomic mass is 10.1. The van der Waals surface area contributed by atoms with Crippen LogP contribution in [0.5, 0.6) is 0 Å². The van der Waals surface area contributed by atoms with Gasteiger partial charge in [0, 0.05) is 24.7 Å². The largest absolute Gasteiger partial charge is 0.312 e. The Hall–Kier alpha value is -1.53. The van der Waals surface area contributed by atoms with Gasteiger partial charge in [0.15, 0.2) is 0 Å². The van der Waals surface area contributed by atoms with Gasteiger partial charge in [-0.15, -0.1) is 0 Å². The van der Waals surface area contributed by atoms with E-state index in [0.29, 0.717) is 18.0 Å². The fourth-order valence-electron chi connectivity index (χ4n) is 2.77. The first-order valence-electron chi connectivity index (χ1n) is 7.42. The Bertz CT molecular complexity index is 490. The minimum Gasteiger partial charge on any atom is -0.312 e. The van der Waals surface area contributed by atoms with Crippen molar-refractivity contribution in [1.82, 2.24) is 10.2 Å². The quantitative estimate of drug-likeness (QED) is 0.620. The predicted molar refractivity (Wildman–Crippen MR) is 79.6 cm³/mol. The van der Waals surface area contributed by atoms with E-state index in [0.717, 1.165) is 13.1 Å². The van der Waals surface area contributed by atoms with E-state index < -0.39 is 16.4 Å². The zero-order valence-electron chi connectivity index (χ0n) is 12.3. The highest BCUT2D eigenvalue weighted by Crippen LogP contribution is 2.20. The standard InChI is InChI=1S/C15H22FN3O2/c1-12(11-18-7-2-3-8-18)9-17-10-13-5-4-6-14(15(13)16)19(20)21/h4-6,12,17H,2-3,7-11H2,1H3. The average molecular weight is 295 g/mol. The fraction of sp³-hybridized carbons (Fsp3) is 0.600. The van der Waals surface area contributed by atoms with Gasteiger partial charge in [0.05, 0.1) is 4.92 Å². The van der Waals surface area contributed by atoms with Crippen molar-refractivity contribution >= 4 is 5.69 Å². The lowest BCUT2D eigenvalue weighted by Gasteiger charge is -2.20. The molecule has 1 fully saturated rings. The number of hydrogen-bond donors (Lipinski definition) is 1. The Morgan fingerprint density at radius 2 is 2.14 bits per heavy atom. The van der Waals surface area contributed by atoms with Crippen LogP contribution < -0.4 is 5.32 Å². The number of nitro groups is 1. The molecule has 0 amide bonds. The first-order chi connectivity index (χ1) is 10.1. The molecule has 116 valence electrons. The van der Waals surface area contributed by atoms with Crippen LogP contribution in [0.1, 0.15) is 25.3 Å². The van der Waals surface area contributed by atoms with E-state index in [1.807, 2.05) is 0 Å². The van der Waals surface area contributed by atoms with Crippen LogP contribution in [-0.4, -0.2) is 36.0 Å². The Kier molecular flexibility index (Phi) is 5.64. The van der Waals surface area contributed by atoms with Crippen molar-refractivity contribution in [2.45, 2.75) is 26.3 Å². The van der Waals surface area contributed by atoms with E-state index in [1.165, 1.54) is 38.1 Å². The second-order valence-corrected chi connectivity index (χ2v) is 5.75. The highest BCUT2D eigenvalue weighted by Gasteiger charge is 2.17. The molecule has 0 aromatic heterocycles. The number of halogens is 1. The molecule has 0 aliphatic carbocycles. The fourth-order valence-corrected chi connectivity index (χ4v) is 2.77. The van der Waals surface area contributed by atoms with Crippen LogP contribution in [0.25, 0.3) is 0 Å². The van der Waals surface area contributed by atoms with E-state index in [9.17, 15) is 14.5 Å². The van der Waals surface area contributed by atoms with Gasteiger partial charge in [-0.05, 0) is 38.4 Å². The lowest BCUT2D eigenvalue weighted by molar-refractivity contribution is -0.387. The van der Waals surface area contributed by atoms with Gasteiger partial charge in [-0.3, -0.25) is 10.1 Å². The molecule has 1 unspecified atom stereocenters. The van der Waals surface area contributed by atoms with Crippen molar-refractivity contribution in [3.63, 3.8) is 0 Å². The predicted octanol–water partition coefficient (Wildman–Crippen LogP) is 2.56. The van der Waals surface area contributed by atoms with Crippen LogP contribution in [0, 0.1) is 21.8 Å². The topological polar surface area (TPSA) is 58.4 Å². The van der Waals surface area contributed by atoms with Crippen molar-refractivity contribution in [3.8, 4) is 0 Å². The molecule has 1 atom stereocenters. The molecule has 21 heavy (non-hydrogen) atoms. The molecular weight excluding hydrogens is 273 g/mol.